The van der Waals surface area contributed by atoms with Gasteiger partial charge in [-0.1, -0.05) is 0 Å². The van der Waals surface area contributed by atoms with E-state index in [4.69, 9.17) is 52.4 Å². The van der Waals surface area contributed by atoms with Crippen molar-refractivity contribution in [2.45, 2.75) is 117 Å². The van der Waals surface area contributed by atoms with Gasteiger partial charge in [0.25, 0.3) is 0 Å². The normalized spacial score (nSPS) is 55.1. The third-order valence-electron chi connectivity index (χ3n) is 7.82. The molecule has 0 aromatic rings. The lowest BCUT2D eigenvalue weighted by Crippen LogP contribution is -2.71. The molecule has 0 spiro atoms. The highest BCUT2D eigenvalue weighted by atomic mass is 16.8. The smallest absolute Gasteiger partial charge is 0.179 e. The average molecular weight is 539 g/mol. The number of nitrogens with two attached hydrogens (primary N) is 5. The molecule has 4 aliphatic rings. The van der Waals surface area contributed by atoms with Crippen molar-refractivity contribution in [1.82, 2.24) is 5.32 Å². The molecule has 37 heavy (non-hydrogen) atoms. The molecule has 3 saturated heterocycles. The monoisotopic (exact) mass is 538 g/mol. The molecule has 16 nitrogen and oxygen atoms in total. The van der Waals surface area contributed by atoms with Gasteiger partial charge in [-0.25, -0.2) is 0 Å². The maximum absolute atomic E-state index is 11.2. The van der Waals surface area contributed by atoms with E-state index in [0.29, 0.717) is 0 Å². The Hall–Kier alpha value is -0.640. The summed E-state index contributed by atoms with van der Waals surface area (Å²) in [5.41, 5.74) is 30.1. The molecule has 16 N–H and O–H groups in total. The van der Waals surface area contributed by atoms with Gasteiger partial charge in [-0.2, -0.15) is 0 Å². The number of nitrogens with one attached hydrogen (secondary N) is 1. The molecule has 4 fully saturated rings. The first-order valence-electron chi connectivity index (χ1n) is 12.5. The predicted octanol–water partition coefficient (Wildman–Crippen LogP) is -6.98. The van der Waals surface area contributed by atoms with Crippen LogP contribution in [-0.4, -0.2) is 143 Å². The number of rotatable bonds is 6. The minimum atomic E-state index is -1.34. The second-order valence-corrected chi connectivity index (χ2v) is 10.4. The standard InChI is InChI=1S/C21H42N6O10/c1-27-12-15(31)18-8(33-21(12)37-20-11(26)14(30)10(25)9(4-28)34-20)3-7(24)19(36-18)35-17-6(23)2-5(22)13(29)16(17)32/h5-21,27-32H,2-4,22-26H2,1H3/t5-,6?,7?,8+,9?,10-,11?,12?,13?,14+,15?,16?,17-,18?,19+,20-,21?/m1/s1. The van der Waals surface area contributed by atoms with Crippen molar-refractivity contribution < 1.29 is 49.2 Å². The van der Waals surface area contributed by atoms with E-state index in [-0.39, 0.29) is 12.8 Å². The average Bonchev–Trinajstić information content (AvgIpc) is 2.86. The lowest BCUT2D eigenvalue weighted by atomic mass is 9.84. The van der Waals surface area contributed by atoms with Crippen LogP contribution in [0.5, 0.6) is 0 Å². The van der Waals surface area contributed by atoms with Crippen LogP contribution in [0.3, 0.4) is 0 Å². The second-order valence-electron chi connectivity index (χ2n) is 10.4. The van der Waals surface area contributed by atoms with Gasteiger partial charge in [0.05, 0.1) is 49.1 Å². The lowest BCUT2D eigenvalue weighted by molar-refractivity contribution is -0.363. The highest BCUT2D eigenvalue weighted by molar-refractivity contribution is 5.02. The van der Waals surface area contributed by atoms with Crippen LogP contribution in [0.2, 0.25) is 0 Å². The molecule has 0 bridgehead atoms. The topological polar surface area (TPSA) is 289 Å². The van der Waals surface area contributed by atoms with Crippen molar-refractivity contribution in [3.8, 4) is 0 Å². The van der Waals surface area contributed by atoms with Crippen LogP contribution in [0.15, 0.2) is 0 Å². The van der Waals surface area contributed by atoms with Gasteiger partial charge in [0.15, 0.2) is 18.9 Å². The summed E-state index contributed by atoms with van der Waals surface area (Å²) in [5.74, 6) is 0. The Kier molecular flexibility index (Phi) is 9.40. The van der Waals surface area contributed by atoms with Crippen LogP contribution >= 0.6 is 0 Å². The largest absolute Gasteiger partial charge is 0.394 e. The van der Waals surface area contributed by atoms with Gasteiger partial charge in [0.2, 0.25) is 0 Å². The van der Waals surface area contributed by atoms with Gasteiger partial charge in [-0.15, -0.1) is 0 Å². The summed E-state index contributed by atoms with van der Waals surface area (Å²) in [6.45, 7) is -0.453. The number of likely N-dealkylation sites (N-methyl/N-ethyl adjacent to an activating group) is 1. The van der Waals surface area contributed by atoms with Gasteiger partial charge in [-0.05, 0) is 19.9 Å². The molecule has 0 aromatic heterocycles. The van der Waals surface area contributed by atoms with Crippen LogP contribution in [0.4, 0.5) is 0 Å². The van der Waals surface area contributed by atoms with Gasteiger partial charge in [0.1, 0.15) is 30.5 Å². The fourth-order valence-electron chi connectivity index (χ4n) is 5.51. The highest BCUT2D eigenvalue weighted by Crippen LogP contribution is 2.35. The Labute approximate surface area is 214 Å². The molecule has 3 aliphatic heterocycles. The van der Waals surface area contributed by atoms with Crippen LogP contribution in [0, 0.1) is 0 Å². The Morgan fingerprint density at radius 1 is 0.730 bits per heavy atom. The first kappa shape index (κ1) is 29.3. The van der Waals surface area contributed by atoms with Crippen molar-refractivity contribution in [2.24, 2.45) is 28.7 Å². The van der Waals surface area contributed by atoms with Crippen molar-refractivity contribution in [2.75, 3.05) is 13.7 Å². The highest BCUT2D eigenvalue weighted by Gasteiger charge is 2.54. The summed E-state index contributed by atoms with van der Waals surface area (Å²) >= 11 is 0. The number of hydrogen-bond acceptors (Lipinski definition) is 16. The summed E-state index contributed by atoms with van der Waals surface area (Å²) in [5, 5.41) is 54.6. The first-order valence-corrected chi connectivity index (χ1v) is 12.5. The maximum atomic E-state index is 11.2. The molecule has 0 aromatic carbocycles. The molecule has 216 valence electrons. The summed E-state index contributed by atoms with van der Waals surface area (Å²) in [6.07, 6.45) is -11.4. The fourth-order valence-corrected chi connectivity index (χ4v) is 5.51. The SMILES string of the molecule is CNC1C(O[C@H]2OC(CO)[C@@H](N)[C@H](O)C2N)O[C@H]2CC(N)[C@@H](O[C@@H]3C(N)C[C@@H](N)C(O)C3O)OC2C1O. The molecule has 17 atom stereocenters. The molecule has 10 unspecified atom stereocenters. The molecule has 4 rings (SSSR count). The molecule has 1 aliphatic carbocycles. The van der Waals surface area contributed by atoms with Crippen molar-refractivity contribution in [3.05, 3.63) is 0 Å². The number of aliphatic hydroxyl groups excluding tert-OH is 5. The van der Waals surface area contributed by atoms with Crippen molar-refractivity contribution in [3.63, 3.8) is 0 Å². The third kappa shape index (κ3) is 5.66. The summed E-state index contributed by atoms with van der Waals surface area (Å²) in [6, 6.07) is -4.86. The van der Waals surface area contributed by atoms with Crippen LogP contribution in [-0.2, 0) is 23.7 Å². The first-order chi connectivity index (χ1) is 17.5. The minimum absolute atomic E-state index is 0.188. The molecule has 0 amide bonds. The molecular weight excluding hydrogens is 496 g/mol. The number of ether oxygens (including phenoxy) is 5. The van der Waals surface area contributed by atoms with E-state index in [1.54, 1.807) is 7.05 Å². The van der Waals surface area contributed by atoms with Crippen LogP contribution < -0.4 is 34.0 Å². The van der Waals surface area contributed by atoms with E-state index in [0.717, 1.165) is 0 Å². The number of fused-ring (bicyclic) bond motifs is 1. The van der Waals surface area contributed by atoms with Crippen LogP contribution in [0.25, 0.3) is 0 Å². The predicted molar refractivity (Wildman–Crippen MR) is 125 cm³/mol. The quantitative estimate of drug-likeness (QED) is 0.150. The Balaban J connectivity index is 1.43. The van der Waals surface area contributed by atoms with Gasteiger partial charge >= 0.3 is 0 Å². The van der Waals surface area contributed by atoms with Gasteiger partial charge < -0.3 is 83.2 Å². The third-order valence-corrected chi connectivity index (χ3v) is 7.82. The molecule has 1 saturated carbocycles. The molecule has 0 radical (unpaired) electrons. The zero-order valence-corrected chi connectivity index (χ0v) is 20.6. The fraction of sp³-hybridized carbons (Fsp3) is 1.00. The second kappa shape index (κ2) is 11.8. The summed E-state index contributed by atoms with van der Waals surface area (Å²) in [4.78, 5) is 0. The number of hydrogen-bond donors (Lipinski definition) is 11. The molecular formula is C21H42N6O10. The Morgan fingerprint density at radius 3 is 2.08 bits per heavy atom. The summed E-state index contributed by atoms with van der Waals surface area (Å²) in [7, 11) is 1.58. The van der Waals surface area contributed by atoms with Crippen LogP contribution in [0.1, 0.15) is 12.8 Å². The maximum Gasteiger partial charge on any atom is 0.179 e. The van der Waals surface area contributed by atoms with E-state index in [1.807, 2.05) is 0 Å². The van der Waals surface area contributed by atoms with Gasteiger partial charge in [0, 0.05) is 12.1 Å². The summed E-state index contributed by atoms with van der Waals surface area (Å²) < 4.78 is 29.5. The van der Waals surface area contributed by atoms with E-state index in [2.05, 4.69) is 5.32 Å². The molecule has 16 heteroatoms. The van der Waals surface area contributed by atoms with Crippen molar-refractivity contribution in [1.29, 1.82) is 0 Å². The molecule has 3 heterocycles. The van der Waals surface area contributed by atoms with Gasteiger partial charge in [-0.3, -0.25) is 0 Å². The lowest BCUT2D eigenvalue weighted by Gasteiger charge is -2.51. The van der Waals surface area contributed by atoms with Crippen molar-refractivity contribution >= 4 is 0 Å². The van der Waals surface area contributed by atoms with E-state index in [9.17, 15) is 25.5 Å². The minimum Gasteiger partial charge on any atom is -0.394 e. The Bertz CT molecular complexity index is 757. The number of aliphatic hydroxyl groups is 5. The Morgan fingerprint density at radius 2 is 1.43 bits per heavy atom. The zero-order valence-electron chi connectivity index (χ0n) is 20.6. The van der Waals surface area contributed by atoms with E-state index < -0.39 is 111 Å². The van der Waals surface area contributed by atoms with E-state index >= 15 is 0 Å². The zero-order chi connectivity index (χ0) is 27.2. The van der Waals surface area contributed by atoms with E-state index in [1.165, 1.54) is 0 Å².